The van der Waals surface area contributed by atoms with Crippen LogP contribution in [0.2, 0.25) is 0 Å². The SMILES string of the molecule is C=CCCC(O)(C#Cc1ccccc1)Cc1ccccc1. The lowest BCUT2D eigenvalue weighted by atomic mass is 9.90. The first-order valence-electron chi connectivity index (χ1n) is 7.17. The van der Waals surface area contributed by atoms with E-state index in [1.165, 1.54) is 0 Å². The van der Waals surface area contributed by atoms with Crippen LogP contribution in [0.3, 0.4) is 0 Å². The second-order valence-electron chi connectivity index (χ2n) is 5.14. The highest BCUT2D eigenvalue weighted by molar-refractivity contribution is 5.37. The Labute approximate surface area is 127 Å². The summed E-state index contributed by atoms with van der Waals surface area (Å²) in [6.45, 7) is 3.73. The zero-order chi connectivity index (χ0) is 15.0. The third-order valence-corrected chi connectivity index (χ3v) is 3.31. The fourth-order valence-electron chi connectivity index (χ4n) is 2.18. The molecule has 0 aliphatic carbocycles. The van der Waals surface area contributed by atoms with E-state index in [9.17, 15) is 5.11 Å². The molecule has 21 heavy (non-hydrogen) atoms. The molecule has 0 aliphatic rings. The number of aliphatic hydroxyl groups is 1. The smallest absolute Gasteiger partial charge is 0.130 e. The summed E-state index contributed by atoms with van der Waals surface area (Å²) in [7, 11) is 0. The lowest BCUT2D eigenvalue weighted by molar-refractivity contribution is 0.0932. The zero-order valence-corrected chi connectivity index (χ0v) is 12.1. The second kappa shape index (κ2) is 7.47. The molecule has 0 heterocycles. The highest BCUT2D eigenvalue weighted by Crippen LogP contribution is 2.19. The van der Waals surface area contributed by atoms with Crippen molar-refractivity contribution in [1.29, 1.82) is 0 Å². The maximum atomic E-state index is 10.8. The van der Waals surface area contributed by atoms with E-state index in [0.717, 1.165) is 17.5 Å². The van der Waals surface area contributed by atoms with Crippen molar-refractivity contribution in [3.05, 3.63) is 84.4 Å². The fraction of sp³-hybridized carbons (Fsp3) is 0.200. The first kappa shape index (κ1) is 15.1. The summed E-state index contributed by atoms with van der Waals surface area (Å²) in [6.07, 6.45) is 3.68. The molecule has 1 atom stereocenters. The summed E-state index contributed by atoms with van der Waals surface area (Å²) in [5, 5.41) is 10.8. The molecule has 2 aromatic rings. The van der Waals surface area contributed by atoms with Crippen LogP contribution < -0.4 is 0 Å². The molecular weight excluding hydrogens is 256 g/mol. The molecule has 0 saturated carbocycles. The summed E-state index contributed by atoms with van der Waals surface area (Å²) < 4.78 is 0. The van der Waals surface area contributed by atoms with Crippen molar-refractivity contribution in [2.24, 2.45) is 0 Å². The molecule has 106 valence electrons. The number of allylic oxidation sites excluding steroid dienone is 1. The second-order valence-corrected chi connectivity index (χ2v) is 5.14. The standard InChI is InChI=1S/C20H20O/c1-2-3-15-20(21,17-19-12-8-5-9-13-19)16-14-18-10-6-4-7-11-18/h2,4-13,21H,1,3,15,17H2. The van der Waals surface area contributed by atoms with Gasteiger partial charge in [0, 0.05) is 12.0 Å². The minimum absolute atomic E-state index is 0.529. The van der Waals surface area contributed by atoms with Gasteiger partial charge in [-0.3, -0.25) is 0 Å². The molecule has 0 fully saturated rings. The van der Waals surface area contributed by atoms with Crippen molar-refractivity contribution < 1.29 is 5.11 Å². The van der Waals surface area contributed by atoms with Crippen LogP contribution in [0, 0.1) is 11.8 Å². The average molecular weight is 276 g/mol. The molecule has 0 aliphatic heterocycles. The van der Waals surface area contributed by atoms with Gasteiger partial charge in [0.15, 0.2) is 0 Å². The largest absolute Gasteiger partial charge is 0.377 e. The van der Waals surface area contributed by atoms with Crippen LogP contribution in [0.5, 0.6) is 0 Å². The maximum absolute atomic E-state index is 10.8. The van der Waals surface area contributed by atoms with E-state index in [-0.39, 0.29) is 0 Å². The normalized spacial score (nSPS) is 12.8. The van der Waals surface area contributed by atoms with Gasteiger partial charge in [0.1, 0.15) is 5.60 Å². The van der Waals surface area contributed by atoms with Gasteiger partial charge >= 0.3 is 0 Å². The van der Waals surface area contributed by atoms with Gasteiger partial charge in [-0.1, -0.05) is 66.4 Å². The summed E-state index contributed by atoms with van der Waals surface area (Å²) in [5.41, 5.74) is 0.986. The molecule has 0 aromatic heterocycles. The van der Waals surface area contributed by atoms with Gasteiger partial charge in [0.25, 0.3) is 0 Å². The minimum atomic E-state index is -1.02. The third-order valence-electron chi connectivity index (χ3n) is 3.31. The Hall–Kier alpha value is -2.30. The van der Waals surface area contributed by atoms with Crippen molar-refractivity contribution in [3.63, 3.8) is 0 Å². The molecule has 1 heteroatoms. The van der Waals surface area contributed by atoms with Gasteiger partial charge in [0.2, 0.25) is 0 Å². The van der Waals surface area contributed by atoms with Crippen molar-refractivity contribution in [2.75, 3.05) is 0 Å². The molecule has 1 nitrogen and oxygen atoms in total. The van der Waals surface area contributed by atoms with Crippen LogP contribution in [0.25, 0.3) is 0 Å². The van der Waals surface area contributed by atoms with E-state index in [1.807, 2.05) is 66.7 Å². The van der Waals surface area contributed by atoms with Gasteiger partial charge in [-0.2, -0.15) is 0 Å². The molecule has 0 spiro atoms. The molecule has 0 amide bonds. The quantitative estimate of drug-likeness (QED) is 0.647. The van der Waals surface area contributed by atoms with Crippen LogP contribution in [0.1, 0.15) is 24.0 Å². The molecule has 0 saturated heterocycles. The lowest BCUT2D eigenvalue weighted by Gasteiger charge is -2.22. The van der Waals surface area contributed by atoms with E-state index in [2.05, 4.69) is 18.4 Å². The predicted octanol–water partition coefficient (Wildman–Crippen LogP) is 3.98. The average Bonchev–Trinajstić information content (AvgIpc) is 2.53. The van der Waals surface area contributed by atoms with E-state index in [0.29, 0.717) is 12.8 Å². The predicted molar refractivity (Wildman–Crippen MR) is 87.8 cm³/mol. The molecule has 0 bridgehead atoms. The minimum Gasteiger partial charge on any atom is -0.377 e. The molecule has 0 radical (unpaired) electrons. The van der Waals surface area contributed by atoms with Gasteiger partial charge in [-0.25, -0.2) is 0 Å². The van der Waals surface area contributed by atoms with Gasteiger partial charge in [-0.15, -0.1) is 6.58 Å². The topological polar surface area (TPSA) is 20.2 Å². The molecule has 1 N–H and O–H groups in total. The first-order chi connectivity index (χ1) is 10.2. The van der Waals surface area contributed by atoms with Gasteiger partial charge < -0.3 is 5.11 Å². The number of hydrogen-bond donors (Lipinski definition) is 1. The zero-order valence-electron chi connectivity index (χ0n) is 12.1. The number of rotatable bonds is 5. The van der Waals surface area contributed by atoms with Crippen molar-refractivity contribution in [3.8, 4) is 11.8 Å². The molecule has 2 aromatic carbocycles. The Morgan fingerprint density at radius 1 is 1.00 bits per heavy atom. The van der Waals surface area contributed by atoms with Crippen molar-refractivity contribution in [2.45, 2.75) is 24.9 Å². The van der Waals surface area contributed by atoms with Crippen molar-refractivity contribution >= 4 is 0 Å². The lowest BCUT2D eigenvalue weighted by Crippen LogP contribution is -2.29. The van der Waals surface area contributed by atoms with Crippen LogP contribution in [-0.2, 0) is 6.42 Å². The summed E-state index contributed by atoms with van der Waals surface area (Å²) >= 11 is 0. The maximum Gasteiger partial charge on any atom is 0.130 e. The highest BCUT2D eigenvalue weighted by Gasteiger charge is 2.23. The Bertz CT molecular complexity index is 619. The van der Waals surface area contributed by atoms with Crippen LogP contribution in [0.4, 0.5) is 0 Å². The Kier molecular flexibility index (Phi) is 5.37. The van der Waals surface area contributed by atoms with Crippen molar-refractivity contribution in [1.82, 2.24) is 0 Å². The Morgan fingerprint density at radius 3 is 2.24 bits per heavy atom. The van der Waals surface area contributed by atoms with Gasteiger partial charge in [0.05, 0.1) is 0 Å². The Morgan fingerprint density at radius 2 is 1.62 bits per heavy atom. The molecule has 2 rings (SSSR count). The molecular formula is C20H20O. The van der Waals surface area contributed by atoms with E-state index < -0.39 is 5.60 Å². The third kappa shape index (κ3) is 4.95. The van der Waals surface area contributed by atoms with Crippen LogP contribution in [0.15, 0.2) is 73.3 Å². The van der Waals surface area contributed by atoms with Gasteiger partial charge in [-0.05, 0) is 30.5 Å². The summed E-state index contributed by atoms with van der Waals surface area (Å²) in [6, 6.07) is 19.7. The highest BCUT2D eigenvalue weighted by atomic mass is 16.3. The van der Waals surface area contributed by atoms with Crippen LogP contribution >= 0.6 is 0 Å². The van der Waals surface area contributed by atoms with E-state index >= 15 is 0 Å². The fourth-order valence-corrected chi connectivity index (χ4v) is 2.18. The summed E-state index contributed by atoms with van der Waals surface area (Å²) in [5.74, 6) is 6.13. The summed E-state index contributed by atoms with van der Waals surface area (Å²) in [4.78, 5) is 0. The Balaban J connectivity index is 2.20. The monoisotopic (exact) mass is 276 g/mol. The van der Waals surface area contributed by atoms with E-state index in [4.69, 9.17) is 0 Å². The van der Waals surface area contributed by atoms with E-state index in [1.54, 1.807) is 0 Å². The van der Waals surface area contributed by atoms with Crippen LogP contribution in [-0.4, -0.2) is 10.7 Å². The molecule has 1 unspecified atom stereocenters. The first-order valence-corrected chi connectivity index (χ1v) is 7.17. The number of hydrogen-bond acceptors (Lipinski definition) is 1. The number of benzene rings is 2.